The van der Waals surface area contributed by atoms with Gasteiger partial charge in [0.05, 0.1) is 40.8 Å². The number of hydrogen-bond donors (Lipinski definition) is 1. The Morgan fingerprint density at radius 2 is 2.04 bits per heavy atom. The molecule has 1 fully saturated rings. The van der Waals surface area contributed by atoms with Gasteiger partial charge in [0.1, 0.15) is 0 Å². The van der Waals surface area contributed by atoms with Crippen LogP contribution >= 0.6 is 11.6 Å². The van der Waals surface area contributed by atoms with Crippen LogP contribution in [-0.2, 0) is 9.53 Å². The molecule has 2 heterocycles. The molecule has 1 aliphatic heterocycles. The van der Waals surface area contributed by atoms with E-state index < -0.39 is 12.1 Å². The Morgan fingerprint density at radius 3 is 2.72 bits per heavy atom. The summed E-state index contributed by atoms with van der Waals surface area (Å²) in [6.07, 6.45) is 0.112. The Labute approximate surface area is 149 Å². The van der Waals surface area contributed by atoms with Crippen molar-refractivity contribution in [1.82, 2.24) is 14.7 Å². The van der Waals surface area contributed by atoms with Gasteiger partial charge in [0.2, 0.25) is 0 Å². The Kier molecular flexibility index (Phi) is 4.78. The molecule has 132 valence electrons. The highest BCUT2D eigenvalue weighted by molar-refractivity contribution is 6.32. The highest BCUT2D eigenvalue weighted by Crippen LogP contribution is 2.23. The van der Waals surface area contributed by atoms with Crippen molar-refractivity contribution in [1.29, 1.82) is 0 Å². The number of halogens is 1. The Bertz CT molecular complexity index is 820. The summed E-state index contributed by atoms with van der Waals surface area (Å²) < 4.78 is 6.96. The molecule has 0 aliphatic carbocycles. The predicted octanol–water partition coefficient (Wildman–Crippen LogP) is 2.15. The lowest BCUT2D eigenvalue weighted by Crippen LogP contribution is -2.51. The lowest BCUT2D eigenvalue weighted by atomic mass is 10.1. The topological polar surface area (TPSA) is 84.7 Å². The van der Waals surface area contributed by atoms with Crippen molar-refractivity contribution in [3.05, 3.63) is 46.7 Å². The Balaban J connectivity index is 1.89. The number of ether oxygens (including phenoxy) is 1. The second-order valence-electron chi connectivity index (χ2n) is 5.99. The molecule has 1 N–H and O–H groups in total. The van der Waals surface area contributed by atoms with Crippen LogP contribution in [0.3, 0.4) is 0 Å². The van der Waals surface area contributed by atoms with Crippen LogP contribution in [0, 0.1) is 6.92 Å². The molecular weight excluding hydrogens is 346 g/mol. The predicted molar refractivity (Wildman–Crippen MR) is 91.2 cm³/mol. The van der Waals surface area contributed by atoms with Gasteiger partial charge in [-0.1, -0.05) is 23.7 Å². The van der Waals surface area contributed by atoms with Crippen LogP contribution in [0.4, 0.5) is 0 Å². The van der Waals surface area contributed by atoms with E-state index in [0.29, 0.717) is 28.5 Å². The zero-order chi connectivity index (χ0) is 18.1. The smallest absolute Gasteiger partial charge is 0.334 e. The summed E-state index contributed by atoms with van der Waals surface area (Å²) in [5, 5.41) is 14.0. The highest BCUT2D eigenvalue weighted by atomic mass is 35.5. The molecule has 7 nitrogen and oxygen atoms in total. The van der Waals surface area contributed by atoms with Crippen molar-refractivity contribution < 1.29 is 19.4 Å². The minimum absolute atomic E-state index is 0.00915. The number of aromatic nitrogens is 2. The molecule has 1 unspecified atom stereocenters. The average Bonchev–Trinajstić information content (AvgIpc) is 2.95. The van der Waals surface area contributed by atoms with Crippen molar-refractivity contribution in [2.24, 2.45) is 0 Å². The SMILES string of the molecule is Cc1c(C(=O)N2CC(C(=O)O)O[C@H](C)C2)cnn1-c1ccccc1Cl. The summed E-state index contributed by atoms with van der Waals surface area (Å²) in [5.41, 5.74) is 1.74. The van der Waals surface area contributed by atoms with E-state index in [9.17, 15) is 9.59 Å². The molecule has 2 atom stereocenters. The van der Waals surface area contributed by atoms with Gasteiger partial charge in [-0.05, 0) is 26.0 Å². The first-order chi connectivity index (χ1) is 11.9. The molecule has 0 bridgehead atoms. The molecule has 1 aromatic heterocycles. The van der Waals surface area contributed by atoms with Gasteiger partial charge in [-0.25, -0.2) is 9.48 Å². The van der Waals surface area contributed by atoms with E-state index in [4.69, 9.17) is 21.4 Å². The molecule has 1 amide bonds. The van der Waals surface area contributed by atoms with Crippen LogP contribution in [0.5, 0.6) is 0 Å². The van der Waals surface area contributed by atoms with E-state index in [1.54, 1.807) is 24.6 Å². The van der Waals surface area contributed by atoms with Crippen LogP contribution in [0.1, 0.15) is 23.0 Å². The van der Waals surface area contributed by atoms with Crippen LogP contribution in [0.2, 0.25) is 5.02 Å². The number of amides is 1. The number of nitrogens with zero attached hydrogens (tertiary/aromatic N) is 3. The second kappa shape index (κ2) is 6.85. The van der Waals surface area contributed by atoms with Crippen LogP contribution in [-0.4, -0.2) is 57.0 Å². The standard InChI is InChI=1S/C17H18ClN3O4/c1-10-8-20(9-15(25-10)17(23)24)16(22)12-7-19-21(11(12)2)14-6-4-3-5-13(14)18/h3-7,10,15H,8-9H2,1-2H3,(H,23,24)/t10-,15?/m1/s1. The molecule has 2 aromatic rings. The van der Waals surface area contributed by atoms with Gasteiger partial charge in [0, 0.05) is 6.54 Å². The maximum absolute atomic E-state index is 12.9. The van der Waals surface area contributed by atoms with Crippen molar-refractivity contribution >= 4 is 23.5 Å². The summed E-state index contributed by atoms with van der Waals surface area (Å²) in [7, 11) is 0. The zero-order valence-electron chi connectivity index (χ0n) is 13.8. The van der Waals surface area contributed by atoms with Gasteiger partial charge in [-0.15, -0.1) is 0 Å². The first kappa shape index (κ1) is 17.4. The largest absolute Gasteiger partial charge is 0.479 e. The number of para-hydroxylation sites is 1. The highest BCUT2D eigenvalue weighted by Gasteiger charge is 2.34. The summed E-state index contributed by atoms with van der Waals surface area (Å²) in [4.78, 5) is 25.6. The van der Waals surface area contributed by atoms with E-state index in [2.05, 4.69) is 5.10 Å². The second-order valence-corrected chi connectivity index (χ2v) is 6.40. The van der Waals surface area contributed by atoms with Crippen LogP contribution in [0.25, 0.3) is 5.69 Å². The lowest BCUT2D eigenvalue weighted by Gasteiger charge is -2.34. The molecule has 0 saturated carbocycles. The minimum atomic E-state index is -1.08. The van der Waals surface area contributed by atoms with Crippen LogP contribution in [0.15, 0.2) is 30.5 Å². The number of aliphatic carboxylic acids is 1. The summed E-state index contributed by atoms with van der Waals surface area (Å²) in [5.74, 6) is -1.34. The number of carboxylic acids is 1. The molecule has 1 aliphatic rings. The van der Waals surface area contributed by atoms with Crippen LogP contribution < -0.4 is 0 Å². The number of morpholine rings is 1. The number of carboxylic acid groups (broad SMARTS) is 1. The molecule has 25 heavy (non-hydrogen) atoms. The van der Waals surface area contributed by atoms with Crippen molar-refractivity contribution in [2.45, 2.75) is 26.1 Å². The van der Waals surface area contributed by atoms with Gasteiger partial charge in [-0.2, -0.15) is 5.10 Å². The quantitative estimate of drug-likeness (QED) is 0.903. The van der Waals surface area contributed by atoms with Crippen molar-refractivity contribution in [2.75, 3.05) is 13.1 Å². The first-order valence-electron chi connectivity index (χ1n) is 7.85. The molecule has 1 saturated heterocycles. The van der Waals surface area contributed by atoms with E-state index >= 15 is 0 Å². The average molecular weight is 364 g/mol. The fraction of sp³-hybridized carbons (Fsp3) is 0.353. The molecule has 0 radical (unpaired) electrons. The Morgan fingerprint density at radius 1 is 1.32 bits per heavy atom. The summed E-state index contributed by atoms with van der Waals surface area (Å²) in [6, 6.07) is 7.22. The number of hydrogen-bond acceptors (Lipinski definition) is 4. The fourth-order valence-corrected chi connectivity index (χ4v) is 3.13. The van der Waals surface area contributed by atoms with Gasteiger partial charge in [0.15, 0.2) is 6.10 Å². The van der Waals surface area contributed by atoms with E-state index in [-0.39, 0.29) is 18.6 Å². The van der Waals surface area contributed by atoms with Gasteiger partial charge >= 0.3 is 5.97 Å². The normalized spacial score (nSPS) is 20.5. The van der Waals surface area contributed by atoms with Gasteiger partial charge in [0.25, 0.3) is 5.91 Å². The zero-order valence-corrected chi connectivity index (χ0v) is 14.6. The van der Waals surface area contributed by atoms with Gasteiger partial charge < -0.3 is 14.7 Å². The molecule has 8 heteroatoms. The number of rotatable bonds is 3. The molecule has 3 rings (SSSR count). The number of carbonyl (C=O) groups excluding carboxylic acids is 1. The fourth-order valence-electron chi connectivity index (χ4n) is 2.91. The van der Waals surface area contributed by atoms with E-state index in [1.807, 2.05) is 18.2 Å². The van der Waals surface area contributed by atoms with Crippen molar-refractivity contribution in [3.8, 4) is 5.69 Å². The molecule has 0 spiro atoms. The van der Waals surface area contributed by atoms with E-state index in [0.717, 1.165) is 0 Å². The number of benzene rings is 1. The number of carbonyl (C=O) groups is 2. The molecular formula is C17H18ClN3O4. The first-order valence-corrected chi connectivity index (χ1v) is 8.23. The summed E-state index contributed by atoms with van der Waals surface area (Å²) in [6.45, 7) is 3.87. The third kappa shape index (κ3) is 3.38. The maximum Gasteiger partial charge on any atom is 0.334 e. The van der Waals surface area contributed by atoms with Crippen molar-refractivity contribution in [3.63, 3.8) is 0 Å². The maximum atomic E-state index is 12.9. The van der Waals surface area contributed by atoms with E-state index in [1.165, 1.54) is 11.1 Å². The summed E-state index contributed by atoms with van der Waals surface area (Å²) >= 11 is 6.20. The van der Waals surface area contributed by atoms with Gasteiger partial charge in [-0.3, -0.25) is 4.79 Å². The monoisotopic (exact) mass is 363 g/mol. The third-order valence-electron chi connectivity index (χ3n) is 4.14. The molecule has 1 aromatic carbocycles. The third-order valence-corrected chi connectivity index (χ3v) is 4.46. The lowest BCUT2D eigenvalue weighted by molar-refractivity contribution is -0.160. The Hall–Kier alpha value is -2.38. The minimum Gasteiger partial charge on any atom is -0.479 e.